The summed E-state index contributed by atoms with van der Waals surface area (Å²) in [5.41, 5.74) is -2.14. The molecule has 0 aromatic carbocycles. The summed E-state index contributed by atoms with van der Waals surface area (Å²) in [5, 5.41) is 14.1. The first-order valence-electron chi connectivity index (χ1n) is 3.80. The van der Waals surface area contributed by atoms with E-state index in [0.29, 0.717) is 6.20 Å². The number of halogens is 3. The lowest BCUT2D eigenvalue weighted by molar-refractivity contribution is -0.385. The summed E-state index contributed by atoms with van der Waals surface area (Å²) in [7, 11) is -4.64. The van der Waals surface area contributed by atoms with Crippen molar-refractivity contribution >= 4 is 27.3 Å². The topological polar surface area (TPSA) is 116 Å². The van der Waals surface area contributed by atoms with Crippen LogP contribution in [-0.2, 0) is 10.0 Å². The van der Waals surface area contributed by atoms with Crippen molar-refractivity contribution in [1.82, 2.24) is 4.98 Å². The second-order valence-electron chi connectivity index (χ2n) is 2.77. The molecule has 1 heterocycles. The summed E-state index contributed by atoms with van der Waals surface area (Å²) in [6, 6.07) is 0. The molecule has 0 fully saturated rings. The molecule has 0 saturated heterocycles. The van der Waals surface area contributed by atoms with Crippen LogP contribution in [-0.4, -0.2) is 18.3 Å². The van der Waals surface area contributed by atoms with Crippen molar-refractivity contribution in [2.24, 2.45) is 5.14 Å². The van der Waals surface area contributed by atoms with Crippen LogP contribution in [0.1, 0.15) is 12.1 Å². The summed E-state index contributed by atoms with van der Waals surface area (Å²) < 4.78 is 47.0. The zero-order chi connectivity index (χ0) is 13.4. The summed E-state index contributed by atoms with van der Waals surface area (Å²) in [6.45, 7) is 0. The van der Waals surface area contributed by atoms with Crippen molar-refractivity contribution in [3.63, 3.8) is 0 Å². The molecule has 7 nitrogen and oxygen atoms in total. The van der Waals surface area contributed by atoms with E-state index in [2.05, 4.69) is 10.1 Å². The second-order valence-corrected chi connectivity index (χ2v) is 4.65. The minimum atomic E-state index is -4.64. The number of nitrogens with zero attached hydrogens (tertiary/aromatic N) is 2. The molecule has 11 heteroatoms. The Hall–Kier alpha value is -1.39. The average molecular weight is 288 g/mol. The van der Waals surface area contributed by atoms with Crippen LogP contribution >= 0.6 is 11.6 Å². The first-order valence-corrected chi connectivity index (χ1v) is 5.72. The third-order valence-corrected chi connectivity index (χ3v) is 3.15. The number of sulfonamides is 1. The summed E-state index contributed by atoms with van der Waals surface area (Å²) in [6.07, 6.45) is -2.83. The van der Waals surface area contributed by atoms with Gasteiger partial charge in [0.1, 0.15) is 21.8 Å². The summed E-state index contributed by atoms with van der Waals surface area (Å²) in [4.78, 5) is 11.1. The van der Waals surface area contributed by atoms with Crippen LogP contribution in [0.25, 0.3) is 0 Å². The Morgan fingerprint density at radius 1 is 1.53 bits per heavy atom. The quantitative estimate of drug-likeness (QED) is 0.663. The molecule has 0 spiro atoms. The van der Waals surface area contributed by atoms with Crippen molar-refractivity contribution < 1.29 is 22.1 Å². The highest BCUT2D eigenvalue weighted by Crippen LogP contribution is 2.35. The highest BCUT2D eigenvalue weighted by Gasteiger charge is 2.31. The number of hydrogen-bond acceptors (Lipinski definition) is 5. The zero-order valence-electron chi connectivity index (χ0n) is 7.80. The molecule has 0 aliphatic carbocycles. The Bertz CT molecular complexity index is 577. The van der Waals surface area contributed by atoms with Gasteiger partial charge in [0, 0.05) is 0 Å². The van der Waals surface area contributed by atoms with Crippen LogP contribution in [0, 0.1) is 10.1 Å². The Kier molecular flexibility index (Phi) is 3.59. The maximum Gasteiger partial charge on any atom is 0.307 e. The Balaban J connectivity index is 3.72. The zero-order valence-corrected chi connectivity index (χ0v) is 9.37. The maximum absolute atomic E-state index is 12.5. The molecule has 0 unspecified atom stereocenters. The van der Waals surface area contributed by atoms with E-state index in [1.165, 1.54) is 0 Å². The fraction of sp³-hybridized carbons (Fsp3) is 0.167. The lowest BCUT2D eigenvalue weighted by Crippen LogP contribution is -2.17. The molecule has 1 aromatic heterocycles. The summed E-state index contributed by atoms with van der Waals surface area (Å²) >= 11 is 5.36. The highest BCUT2D eigenvalue weighted by molar-refractivity contribution is 7.89. The smallest absolute Gasteiger partial charge is 0.258 e. The average Bonchev–Trinajstić information content (AvgIpc) is 2.14. The number of alkyl halides is 2. The lowest BCUT2D eigenvalue weighted by atomic mass is 10.3. The molecule has 0 aliphatic heterocycles. The van der Waals surface area contributed by atoms with Gasteiger partial charge < -0.3 is 0 Å². The predicted molar refractivity (Wildman–Crippen MR) is 52.2 cm³/mol. The maximum atomic E-state index is 12.5. The predicted octanol–water partition coefficient (Wildman–Crippen LogP) is 1.23. The van der Waals surface area contributed by atoms with Crippen LogP contribution in [0.5, 0.6) is 0 Å². The molecule has 0 amide bonds. The lowest BCUT2D eigenvalue weighted by Gasteiger charge is -2.07. The molecule has 0 atom stereocenters. The van der Waals surface area contributed by atoms with E-state index < -0.39 is 42.7 Å². The van der Waals surface area contributed by atoms with Crippen molar-refractivity contribution in [1.29, 1.82) is 0 Å². The van der Waals surface area contributed by atoms with Crippen molar-refractivity contribution in [3.8, 4) is 0 Å². The van der Waals surface area contributed by atoms with Gasteiger partial charge in [-0.05, 0) is 0 Å². The van der Waals surface area contributed by atoms with E-state index in [0.717, 1.165) is 0 Å². The molecule has 0 bridgehead atoms. The fourth-order valence-electron chi connectivity index (χ4n) is 1.03. The third-order valence-electron chi connectivity index (χ3n) is 1.67. The molecule has 0 saturated carbocycles. The van der Waals surface area contributed by atoms with Crippen LogP contribution in [0.4, 0.5) is 14.5 Å². The van der Waals surface area contributed by atoms with Gasteiger partial charge >= 0.3 is 5.69 Å². The van der Waals surface area contributed by atoms with Gasteiger partial charge in [0.25, 0.3) is 6.43 Å². The van der Waals surface area contributed by atoms with Gasteiger partial charge in [0.05, 0.1) is 4.92 Å². The monoisotopic (exact) mass is 287 g/mol. The van der Waals surface area contributed by atoms with E-state index in [1.54, 1.807) is 0 Å². The number of pyridine rings is 1. The second kappa shape index (κ2) is 4.47. The van der Waals surface area contributed by atoms with E-state index >= 15 is 0 Å². The minimum absolute atomic E-state index is 0.443. The molecule has 0 aliphatic rings. The first kappa shape index (κ1) is 13.7. The molecule has 17 heavy (non-hydrogen) atoms. The van der Waals surface area contributed by atoms with Crippen molar-refractivity contribution in [3.05, 3.63) is 27.0 Å². The normalized spacial score (nSPS) is 11.8. The molecule has 2 N–H and O–H groups in total. The van der Waals surface area contributed by atoms with Gasteiger partial charge in [-0.25, -0.2) is 27.3 Å². The largest absolute Gasteiger partial charge is 0.307 e. The Morgan fingerprint density at radius 2 is 2.06 bits per heavy atom. The minimum Gasteiger partial charge on any atom is -0.258 e. The number of rotatable bonds is 3. The van der Waals surface area contributed by atoms with E-state index in [-0.39, 0.29) is 0 Å². The van der Waals surface area contributed by atoms with Crippen molar-refractivity contribution in [2.45, 2.75) is 11.3 Å². The molecule has 1 aromatic rings. The van der Waals surface area contributed by atoms with Crippen LogP contribution in [0.2, 0.25) is 5.02 Å². The van der Waals surface area contributed by atoms with E-state index in [1.807, 2.05) is 0 Å². The molecule has 94 valence electrons. The number of aromatic nitrogens is 1. The fourth-order valence-corrected chi connectivity index (χ4v) is 2.35. The van der Waals surface area contributed by atoms with Crippen LogP contribution in [0.15, 0.2) is 11.1 Å². The summed E-state index contributed by atoms with van der Waals surface area (Å²) in [5.74, 6) is 0. The van der Waals surface area contributed by atoms with E-state index in [4.69, 9.17) is 11.6 Å². The third kappa shape index (κ3) is 2.65. The van der Waals surface area contributed by atoms with Gasteiger partial charge in [-0.15, -0.1) is 0 Å². The van der Waals surface area contributed by atoms with E-state index in [9.17, 15) is 27.3 Å². The Morgan fingerprint density at radius 3 is 2.41 bits per heavy atom. The standard InChI is InChI=1S/C6H4ClF2N3O4S/c7-3-2(12(13)14)1-11-4(6(8)9)5(3)17(10,15)16/h1,6H,(H2,10,15,16). The van der Waals surface area contributed by atoms with Crippen molar-refractivity contribution in [2.75, 3.05) is 0 Å². The SMILES string of the molecule is NS(=O)(=O)c1c(C(F)F)ncc([N+](=O)[O-])c1Cl. The molecule has 0 radical (unpaired) electrons. The van der Waals surface area contributed by atoms with Gasteiger partial charge in [0.15, 0.2) is 0 Å². The van der Waals surface area contributed by atoms with Gasteiger partial charge in [-0.2, -0.15) is 0 Å². The molecule has 1 rings (SSSR count). The number of hydrogen-bond donors (Lipinski definition) is 1. The molecular weight excluding hydrogens is 284 g/mol. The number of nitro groups is 1. The van der Waals surface area contributed by atoms with Gasteiger partial charge in [0.2, 0.25) is 10.0 Å². The molecular formula is C6H4ClF2N3O4S. The van der Waals surface area contributed by atoms with Gasteiger partial charge in [-0.1, -0.05) is 11.6 Å². The number of nitrogens with two attached hydrogens (primary N) is 1. The first-order chi connectivity index (χ1) is 7.66. The number of primary sulfonamides is 1. The van der Waals surface area contributed by atoms with Crippen LogP contribution < -0.4 is 5.14 Å². The van der Waals surface area contributed by atoms with Gasteiger partial charge in [-0.3, -0.25) is 10.1 Å². The van der Waals surface area contributed by atoms with Crippen LogP contribution in [0.3, 0.4) is 0 Å². The highest BCUT2D eigenvalue weighted by atomic mass is 35.5. The Labute approximate surface area is 98.4 Å².